The second-order valence-electron chi connectivity index (χ2n) is 4.60. The van der Waals surface area contributed by atoms with Crippen LogP contribution in [0.15, 0.2) is 18.2 Å². The van der Waals surface area contributed by atoms with Crippen LogP contribution in [0.2, 0.25) is 0 Å². The number of carbonyl (C=O) groups is 1. The molecule has 1 aromatic carbocycles. The van der Waals surface area contributed by atoms with Gasteiger partial charge in [-0.15, -0.1) is 0 Å². The molecule has 0 aromatic heterocycles. The average molecular weight is 234 g/mol. The van der Waals surface area contributed by atoms with Gasteiger partial charge in [0.1, 0.15) is 5.75 Å². The second kappa shape index (κ2) is 4.75. The highest BCUT2D eigenvalue weighted by Gasteiger charge is 2.23. The Bertz CT molecular complexity index is 431. The van der Waals surface area contributed by atoms with Crippen molar-refractivity contribution in [2.75, 3.05) is 13.1 Å². The highest BCUT2D eigenvalue weighted by atomic mass is 16.3. The van der Waals surface area contributed by atoms with Gasteiger partial charge in [0.2, 0.25) is 0 Å². The first-order valence-corrected chi connectivity index (χ1v) is 5.93. The lowest BCUT2D eigenvalue weighted by atomic mass is 10.0. The standard InChI is InChI=1S/C13H18N2O2/c1-9-11(5-2-6-12(9)16)13(17)15-7-3-4-10(14)8-15/h2,5-6,10,16H,3-4,7-8,14H2,1H3/t10-/m0/s1. The Balaban J connectivity index is 2.22. The Morgan fingerprint density at radius 3 is 3.00 bits per heavy atom. The zero-order valence-electron chi connectivity index (χ0n) is 10.0. The number of benzene rings is 1. The predicted octanol–water partition coefficient (Wildman–Crippen LogP) is 1.26. The number of likely N-dealkylation sites (tertiary alicyclic amines) is 1. The number of nitrogens with zero attached hydrogens (tertiary/aromatic N) is 1. The number of hydrogen-bond acceptors (Lipinski definition) is 3. The largest absolute Gasteiger partial charge is 0.508 e. The molecule has 1 saturated heterocycles. The van der Waals surface area contributed by atoms with E-state index < -0.39 is 0 Å². The molecule has 4 heteroatoms. The molecule has 1 aliphatic heterocycles. The average Bonchev–Trinajstić information content (AvgIpc) is 2.32. The van der Waals surface area contributed by atoms with E-state index in [1.54, 1.807) is 30.0 Å². The lowest BCUT2D eigenvalue weighted by molar-refractivity contribution is 0.0707. The summed E-state index contributed by atoms with van der Waals surface area (Å²) in [5, 5.41) is 9.60. The normalized spacial score (nSPS) is 20.4. The zero-order chi connectivity index (χ0) is 12.4. The molecule has 1 amide bonds. The molecule has 0 saturated carbocycles. The summed E-state index contributed by atoms with van der Waals surface area (Å²) in [6, 6.07) is 5.11. The number of hydrogen-bond donors (Lipinski definition) is 2. The van der Waals surface area contributed by atoms with Crippen LogP contribution in [0.3, 0.4) is 0 Å². The van der Waals surface area contributed by atoms with E-state index in [1.807, 2.05) is 0 Å². The number of amides is 1. The molecule has 1 aromatic rings. The van der Waals surface area contributed by atoms with E-state index in [0.717, 1.165) is 19.4 Å². The number of phenols is 1. The molecule has 0 radical (unpaired) electrons. The fourth-order valence-electron chi connectivity index (χ4n) is 2.22. The maximum Gasteiger partial charge on any atom is 0.254 e. The van der Waals surface area contributed by atoms with Crippen molar-refractivity contribution in [1.29, 1.82) is 0 Å². The van der Waals surface area contributed by atoms with Gasteiger partial charge in [-0.1, -0.05) is 6.07 Å². The molecule has 0 spiro atoms. The highest BCUT2D eigenvalue weighted by Crippen LogP contribution is 2.22. The number of aromatic hydroxyl groups is 1. The zero-order valence-corrected chi connectivity index (χ0v) is 10.0. The Morgan fingerprint density at radius 1 is 1.53 bits per heavy atom. The predicted molar refractivity (Wildman–Crippen MR) is 66.0 cm³/mol. The van der Waals surface area contributed by atoms with Gasteiger partial charge < -0.3 is 15.7 Å². The number of rotatable bonds is 1. The van der Waals surface area contributed by atoms with E-state index in [2.05, 4.69) is 0 Å². The molecule has 92 valence electrons. The molecule has 4 nitrogen and oxygen atoms in total. The molecule has 1 fully saturated rings. The van der Waals surface area contributed by atoms with Gasteiger partial charge in [0.05, 0.1) is 0 Å². The van der Waals surface area contributed by atoms with E-state index in [4.69, 9.17) is 5.73 Å². The summed E-state index contributed by atoms with van der Waals surface area (Å²) < 4.78 is 0. The topological polar surface area (TPSA) is 66.6 Å². The molecule has 1 atom stereocenters. The minimum absolute atomic E-state index is 0.0337. The van der Waals surface area contributed by atoms with Crippen LogP contribution in [0.1, 0.15) is 28.8 Å². The SMILES string of the molecule is Cc1c(O)cccc1C(=O)N1CCC[C@H](N)C1. The number of nitrogens with two attached hydrogens (primary N) is 1. The Labute approximate surface area is 101 Å². The van der Waals surface area contributed by atoms with Crippen LogP contribution in [0.5, 0.6) is 5.75 Å². The summed E-state index contributed by atoms with van der Waals surface area (Å²) in [4.78, 5) is 14.1. The number of carbonyl (C=O) groups excluding carboxylic acids is 1. The van der Waals surface area contributed by atoms with Crippen LogP contribution >= 0.6 is 0 Å². The summed E-state index contributed by atoms with van der Waals surface area (Å²) >= 11 is 0. The van der Waals surface area contributed by atoms with E-state index >= 15 is 0 Å². The van der Waals surface area contributed by atoms with Gasteiger partial charge in [0.25, 0.3) is 5.91 Å². The third kappa shape index (κ3) is 2.42. The first-order chi connectivity index (χ1) is 8.09. The molecule has 1 heterocycles. The van der Waals surface area contributed by atoms with Gasteiger partial charge in [-0.05, 0) is 31.9 Å². The Hall–Kier alpha value is -1.55. The Kier molecular flexibility index (Phi) is 3.33. The van der Waals surface area contributed by atoms with Crippen molar-refractivity contribution in [3.8, 4) is 5.75 Å². The lowest BCUT2D eigenvalue weighted by Crippen LogP contribution is -2.45. The molecule has 0 unspecified atom stereocenters. The van der Waals surface area contributed by atoms with Crippen molar-refractivity contribution < 1.29 is 9.90 Å². The second-order valence-corrected chi connectivity index (χ2v) is 4.60. The van der Waals surface area contributed by atoms with E-state index in [1.165, 1.54) is 0 Å². The van der Waals surface area contributed by atoms with Crippen LogP contribution in [-0.4, -0.2) is 35.0 Å². The summed E-state index contributed by atoms with van der Waals surface area (Å²) in [7, 11) is 0. The lowest BCUT2D eigenvalue weighted by Gasteiger charge is -2.31. The van der Waals surface area contributed by atoms with Gasteiger partial charge >= 0.3 is 0 Å². The van der Waals surface area contributed by atoms with E-state index in [-0.39, 0.29) is 17.7 Å². The van der Waals surface area contributed by atoms with Gasteiger partial charge in [-0.2, -0.15) is 0 Å². The fraction of sp³-hybridized carbons (Fsp3) is 0.462. The third-order valence-electron chi connectivity index (χ3n) is 3.28. The van der Waals surface area contributed by atoms with Crippen molar-refractivity contribution in [2.45, 2.75) is 25.8 Å². The van der Waals surface area contributed by atoms with Crippen molar-refractivity contribution in [3.63, 3.8) is 0 Å². The van der Waals surface area contributed by atoms with Crippen molar-refractivity contribution in [3.05, 3.63) is 29.3 Å². The molecule has 0 aliphatic carbocycles. The molecular weight excluding hydrogens is 216 g/mol. The molecule has 17 heavy (non-hydrogen) atoms. The third-order valence-corrected chi connectivity index (χ3v) is 3.28. The van der Waals surface area contributed by atoms with Crippen molar-refractivity contribution >= 4 is 5.91 Å². The first kappa shape index (κ1) is 11.9. The van der Waals surface area contributed by atoms with Crippen molar-refractivity contribution in [2.24, 2.45) is 5.73 Å². The number of phenolic OH excluding ortho intramolecular Hbond substituents is 1. The molecule has 1 aliphatic rings. The van der Waals surface area contributed by atoms with Crippen LogP contribution in [0.25, 0.3) is 0 Å². The maximum absolute atomic E-state index is 12.3. The molecule has 3 N–H and O–H groups in total. The molecule has 0 bridgehead atoms. The maximum atomic E-state index is 12.3. The minimum atomic E-state index is -0.0337. The van der Waals surface area contributed by atoms with Gasteiger partial charge in [-0.3, -0.25) is 4.79 Å². The summed E-state index contributed by atoms with van der Waals surface area (Å²) in [5.41, 5.74) is 7.07. The smallest absolute Gasteiger partial charge is 0.254 e. The van der Waals surface area contributed by atoms with Crippen LogP contribution in [-0.2, 0) is 0 Å². The van der Waals surface area contributed by atoms with Gasteiger partial charge in [-0.25, -0.2) is 0 Å². The Morgan fingerprint density at radius 2 is 2.29 bits per heavy atom. The quantitative estimate of drug-likeness (QED) is 0.769. The number of piperidine rings is 1. The van der Waals surface area contributed by atoms with Gasteiger partial charge in [0.15, 0.2) is 0 Å². The summed E-state index contributed by atoms with van der Waals surface area (Å²) in [6.45, 7) is 3.11. The van der Waals surface area contributed by atoms with Crippen LogP contribution < -0.4 is 5.73 Å². The molecule has 2 rings (SSSR count). The molecular formula is C13H18N2O2. The van der Waals surface area contributed by atoms with Crippen molar-refractivity contribution in [1.82, 2.24) is 4.90 Å². The van der Waals surface area contributed by atoms with Crippen LogP contribution in [0.4, 0.5) is 0 Å². The van der Waals surface area contributed by atoms with E-state index in [9.17, 15) is 9.90 Å². The van der Waals surface area contributed by atoms with Crippen LogP contribution in [0, 0.1) is 6.92 Å². The van der Waals surface area contributed by atoms with E-state index in [0.29, 0.717) is 17.7 Å². The monoisotopic (exact) mass is 234 g/mol. The summed E-state index contributed by atoms with van der Waals surface area (Å²) in [6.07, 6.45) is 1.92. The first-order valence-electron chi connectivity index (χ1n) is 5.93. The summed E-state index contributed by atoms with van der Waals surface area (Å²) in [5.74, 6) is 0.130. The fourth-order valence-corrected chi connectivity index (χ4v) is 2.22. The highest BCUT2D eigenvalue weighted by molar-refractivity contribution is 5.96. The minimum Gasteiger partial charge on any atom is -0.508 e. The van der Waals surface area contributed by atoms with Gasteiger partial charge in [0, 0.05) is 30.3 Å².